The van der Waals surface area contributed by atoms with Crippen molar-refractivity contribution in [2.24, 2.45) is 0 Å². The van der Waals surface area contributed by atoms with E-state index in [9.17, 15) is 4.79 Å². The third-order valence-electron chi connectivity index (χ3n) is 6.00. The molecule has 0 unspecified atom stereocenters. The van der Waals surface area contributed by atoms with Gasteiger partial charge in [0.05, 0.1) is 6.04 Å². The number of hydrogen-bond donors (Lipinski definition) is 1. The van der Waals surface area contributed by atoms with E-state index in [-0.39, 0.29) is 18.6 Å². The van der Waals surface area contributed by atoms with Gasteiger partial charge in [0.1, 0.15) is 17.1 Å². The fraction of sp³-hybridized carbons (Fsp3) is 0.375. The molecule has 1 heterocycles. The van der Waals surface area contributed by atoms with E-state index in [0.717, 1.165) is 54.6 Å². The molecule has 0 fully saturated rings. The van der Waals surface area contributed by atoms with Gasteiger partial charge in [0.15, 0.2) is 6.61 Å². The molecule has 0 aliphatic heterocycles. The van der Waals surface area contributed by atoms with Gasteiger partial charge in [-0.25, -0.2) is 0 Å². The zero-order valence-electron chi connectivity index (χ0n) is 16.0. The van der Waals surface area contributed by atoms with Gasteiger partial charge in [0.25, 0.3) is 5.91 Å². The Kier molecular flexibility index (Phi) is 4.55. The maximum atomic E-state index is 12.5. The molecule has 4 nitrogen and oxygen atoms in total. The van der Waals surface area contributed by atoms with Crippen molar-refractivity contribution in [1.82, 2.24) is 5.32 Å². The van der Waals surface area contributed by atoms with Crippen LogP contribution in [0.5, 0.6) is 5.75 Å². The van der Waals surface area contributed by atoms with Crippen LogP contribution in [0.1, 0.15) is 54.2 Å². The third kappa shape index (κ3) is 3.28. The minimum absolute atomic E-state index is 0.0320. The minimum atomic E-state index is -0.0731. The van der Waals surface area contributed by atoms with Crippen LogP contribution in [0.25, 0.3) is 11.0 Å². The molecule has 4 heteroatoms. The largest absolute Gasteiger partial charge is 0.484 e. The second-order valence-corrected chi connectivity index (χ2v) is 7.87. The first-order valence-electron chi connectivity index (χ1n) is 10.3. The quantitative estimate of drug-likeness (QED) is 0.707. The summed E-state index contributed by atoms with van der Waals surface area (Å²) in [5.74, 6) is 1.77. The number of ether oxygens (including phenoxy) is 1. The van der Waals surface area contributed by atoms with Gasteiger partial charge in [-0.1, -0.05) is 24.3 Å². The van der Waals surface area contributed by atoms with Crippen molar-refractivity contribution in [2.75, 3.05) is 6.61 Å². The van der Waals surface area contributed by atoms with Crippen molar-refractivity contribution in [3.63, 3.8) is 0 Å². The number of rotatable bonds is 4. The summed E-state index contributed by atoms with van der Waals surface area (Å²) in [6.45, 7) is 0.0320. The molecule has 2 aliphatic rings. The van der Waals surface area contributed by atoms with E-state index in [4.69, 9.17) is 9.15 Å². The molecule has 5 rings (SSSR count). The number of benzene rings is 2. The predicted molar refractivity (Wildman–Crippen MR) is 109 cm³/mol. The average molecular weight is 375 g/mol. The topological polar surface area (TPSA) is 51.5 Å². The number of aryl methyl sites for hydroxylation is 3. The highest BCUT2D eigenvalue weighted by molar-refractivity contribution is 5.84. The highest BCUT2D eigenvalue weighted by Gasteiger charge is 2.22. The standard InChI is InChI=1S/C24H25NO3/c26-24(25-21-10-5-7-16-6-1-2-8-18(16)21)15-27-17-12-13-23-20(14-17)19-9-3-4-11-22(19)28-23/h1-2,6,8,12-14,21H,3-5,7,9-11,15H2,(H,25,26)/t21-/m0/s1. The zero-order valence-corrected chi connectivity index (χ0v) is 16.0. The first kappa shape index (κ1) is 17.4. The molecule has 0 radical (unpaired) electrons. The third-order valence-corrected chi connectivity index (χ3v) is 6.00. The van der Waals surface area contributed by atoms with E-state index in [2.05, 4.69) is 23.5 Å². The Balaban J connectivity index is 1.26. The molecule has 0 bridgehead atoms. The fourth-order valence-electron chi connectivity index (χ4n) is 4.62. The Morgan fingerprint density at radius 1 is 1.07 bits per heavy atom. The number of hydrogen-bond acceptors (Lipinski definition) is 3. The maximum Gasteiger partial charge on any atom is 0.258 e. The van der Waals surface area contributed by atoms with Crippen molar-refractivity contribution in [1.29, 1.82) is 0 Å². The summed E-state index contributed by atoms with van der Waals surface area (Å²) in [6, 6.07) is 14.3. The SMILES string of the molecule is O=C(COc1ccc2oc3c(c2c1)CCCC3)N[C@H]1CCCc2ccccc21. The molecule has 2 aliphatic carbocycles. The Morgan fingerprint density at radius 3 is 2.93 bits per heavy atom. The number of furan rings is 1. The van der Waals surface area contributed by atoms with Crippen LogP contribution in [-0.4, -0.2) is 12.5 Å². The summed E-state index contributed by atoms with van der Waals surface area (Å²) in [7, 11) is 0. The van der Waals surface area contributed by atoms with Crippen LogP contribution in [0.3, 0.4) is 0 Å². The Morgan fingerprint density at radius 2 is 1.96 bits per heavy atom. The number of fused-ring (bicyclic) bond motifs is 4. The molecule has 0 saturated carbocycles. The van der Waals surface area contributed by atoms with E-state index in [1.165, 1.54) is 29.5 Å². The van der Waals surface area contributed by atoms with Crippen LogP contribution in [0.4, 0.5) is 0 Å². The van der Waals surface area contributed by atoms with E-state index >= 15 is 0 Å². The van der Waals surface area contributed by atoms with Crippen LogP contribution in [0.15, 0.2) is 46.9 Å². The second-order valence-electron chi connectivity index (χ2n) is 7.87. The van der Waals surface area contributed by atoms with Crippen molar-refractivity contribution in [3.05, 3.63) is 64.9 Å². The Bertz CT molecular complexity index is 1020. The highest BCUT2D eigenvalue weighted by atomic mass is 16.5. The molecule has 28 heavy (non-hydrogen) atoms. The fourth-order valence-corrected chi connectivity index (χ4v) is 4.62. The van der Waals surface area contributed by atoms with Crippen molar-refractivity contribution in [2.45, 2.75) is 51.0 Å². The summed E-state index contributed by atoms with van der Waals surface area (Å²) in [5, 5.41) is 4.28. The lowest BCUT2D eigenvalue weighted by atomic mass is 9.88. The smallest absolute Gasteiger partial charge is 0.258 e. The van der Waals surface area contributed by atoms with E-state index < -0.39 is 0 Å². The molecule has 1 amide bonds. The molecule has 0 saturated heterocycles. The summed E-state index contributed by atoms with van der Waals surface area (Å²) < 4.78 is 11.8. The van der Waals surface area contributed by atoms with Gasteiger partial charge in [0.2, 0.25) is 0 Å². The van der Waals surface area contributed by atoms with Gasteiger partial charge in [-0.15, -0.1) is 0 Å². The lowest BCUT2D eigenvalue weighted by molar-refractivity contribution is -0.123. The van der Waals surface area contributed by atoms with Crippen LogP contribution >= 0.6 is 0 Å². The van der Waals surface area contributed by atoms with Gasteiger partial charge in [0, 0.05) is 17.4 Å². The lowest BCUT2D eigenvalue weighted by Crippen LogP contribution is -2.34. The Labute approximate surface area is 164 Å². The van der Waals surface area contributed by atoms with Gasteiger partial charge >= 0.3 is 0 Å². The number of nitrogens with one attached hydrogen (secondary N) is 1. The molecule has 1 atom stereocenters. The van der Waals surface area contributed by atoms with Crippen LogP contribution in [0.2, 0.25) is 0 Å². The molecular formula is C24H25NO3. The zero-order chi connectivity index (χ0) is 18.9. The van der Waals surface area contributed by atoms with Gasteiger partial charge in [-0.05, 0) is 67.9 Å². The molecular weight excluding hydrogens is 350 g/mol. The maximum absolute atomic E-state index is 12.5. The second kappa shape index (κ2) is 7.34. The summed E-state index contributed by atoms with van der Waals surface area (Å²) in [6.07, 6.45) is 7.66. The minimum Gasteiger partial charge on any atom is -0.484 e. The molecule has 144 valence electrons. The van der Waals surface area contributed by atoms with Gasteiger partial charge in [-0.2, -0.15) is 0 Å². The van der Waals surface area contributed by atoms with Crippen LogP contribution in [0, 0.1) is 0 Å². The summed E-state index contributed by atoms with van der Waals surface area (Å²) in [4.78, 5) is 12.5. The lowest BCUT2D eigenvalue weighted by Gasteiger charge is -2.26. The van der Waals surface area contributed by atoms with Crippen LogP contribution < -0.4 is 10.1 Å². The normalized spacial score (nSPS) is 18.4. The first-order valence-corrected chi connectivity index (χ1v) is 10.3. The van der Waals surface area contributed by atoms with Gasteiger partial charge < -0.3 is 14.5 Å². The van der Waals surface area contributed by atoms with Crippen molar-refractivity contribution < 1.29 is 13.9 Å². The van der Waals surface area contributed by atoms with Crippen molar-refractivity contribution >= 4 is 16.9 Å². The highest BCUT2D eigenvalue weighted by Crippen LogP contribution is 2.34. The number of amides is 1. The monoisotopic (exact) mass is 375 g/mol. The van der Waals surface area contributed by atoms with Crippen molar-refractivity contribution in [3.8, 4) is 5.75 Å². The molecule has 2 aromatic carbocycles. The van der Waals surface area contributed by atoms with E-state index in [0.29, 0.717) is 0 Å². The number of carbonyl (C=O) groups is 1. The summed E-state index contributed by atoms with van der Waals surface area (Å²) >= 11 is 0. The van der Waals surface area contributed by atoms with E-state index in [1.807, 2.05) is 24.3 Å². The molecule has 3 aromatic rings. The molecule has 1 N–H and O–H groups in total. The molecule has 1 aromatic heterocycles. The Hall–Kier alpha value is -2.75. The van der Waals surface area contributed by atoms with Gasteiger partial charge in [-0.3, -0.25) is 4.79 Å². The predicted octanol–water partition coefficient (Wildman–Crippen LogP) is 4.88. The first-order chi connectivity index (χ1) is 13.8. The van der Waals surface area contributed by atoms with Crippen LogP contribution in [-0.2, 0) is 24.1 Å². The summed E-state index contributed by atoms with van der Waals surface area (Å²) in [5.41, 5.74) is 4.82. The molecule has 0 spiro atoms. The average Bonchev–Trinajstić information content (AvgIpc) is 3.10. The number of carbonyl (C=O) groups excluding carboxylic acids is 1. The van der Waals surface area contributed by atoms with E-state index in [1.54, 1.807) is 0 Å².